The Kier molecular flexibility index (Phi) is 2.33. The zero-order chi connectivity index (χ0) is 10.8. The fraction of sp³-hybridized carbons (Fsp3) is 0.182. The third-order valence-corrected chi connectivity index (χ3v) is 2.37. The summed E-state index contributed by atoms with van der Waals surface area (Å²) < 4.78 is 0. The Bertz CT molecular complexity index is 401. The van der Waals surface area contributed by atoms with Gasteiger partial charge in [0, 0.05) is 18.8 Å². The molecule has 1 aliphatic heterocycles. The Hall–Kier alpha value is -1.97. The van der Waals surface area contributed by atoms with E-state index < -0.39 is 6.09 Å². The van der Waals surface area contributed by atoms with E-state index in [9.17, 15) is 4.79 Å². The number of nitrogen functional groups attached to an aromatic ring is 1. The van der Waals surface area contributed by atoms with Gasteiger partial charge in [-0.05, 0) is 23.3 Å². The van der Waals surface area contributed by atoms with Gasteiger partial charge in [0.15, 0.2) is 0 Å². The highest BCUT2D eigenvalue weighted by Gasteiger charge is 2.23. The van der Waals surface area contributed by atoms with Crippen LogP contribution in [0.1, 0.15) is 5.56 Å². The van der Waals surface area contributed by atoms with Crippen LogP contribution in [0, 0.1) is 0 Å². The molecular weight excluding hydrogens is 192 g/mol. The summed E-state index contributed by atoms with van der Waals surface area (Å²) in [7, 11) is 0. The summed E-state index contributed by atoms with van der Waals surface area (Å²) in [4.78, 5) is 11.9. The molecule has 0 atom stereocenters. The lowest BCUT2D eigenvalue weighted by Crippen LogP contribution is -2.43. The van der Waals surface area contributed by atoms with Gasteiger partial charge in [0.1, 0.15) is 0 Å². The monoisotopic (exact) mass is 204 g/mol. The topological polar surface area (TPSA) is 66.6 Å². The van der Waals surface area contributed by atoms with Crippen LogP contribution in [0.25, 0.3) is 6.08 Å². The molecule has 2 rings (SSSR count). The predicted molar refractivity (Wildman–Crippen MR) is 58.4 cm³/mol. The first kappa shape index (κ1) is 9.58. The van der Waals surface area contributed by atoms with Crippen molar-refractivity contribution in [1.82, 2.24) is 4.90 Å². The summed E-state index contributed by atoms with van der Waals surface area (Å²) in [5, 5.41) is 8.64. The number of likely N-dealkylation sites (tertiary alicyclic amines) is 1. The van der Waals surface area contributed by atoms with Gasteiger partial charge in [-0.2, -0.15) is 0 Å². The number of amides is 1. The molecule has 4 heteroatoms. The number of nitrogens with two attached hydrogens (primary N) is 1. The van der Waals surface area contributed by atoms with E-state index in [2.05, 4.69) is 0 Å². The number of rotatable bonds is 1. The number of hydrogen-bond donors (Lipinski definition) is 2. The molecule has 1 heterocycles. The molecule has 1 saturated heterocycles. The molecule has 1 aromatic carbocycles. The average Bonchev–Trinajstić information content (AvgIpc) is 2.13. The van der Waals surface area contributed by atoms with Gasteiger partial charge < -0.3 is 15.7 Å². The lowest BCUT2D eigenvalue weighted by Gasteiger charge is -2.31. The molecule has 1 aliphatic rings. The first-order valence-electron chi connectivity index (χ1n) is 4.68. The largest absolute Gasteiger partial charge is 0.465 e. The van der Waals surface area contributed by atoms with Crippen LogP contribution in [-0.2, 0) is 0 Å². The second kappa shape index (κ2) is 3.65. The number of nitrogens with zero attached hydrogens (tertiary/aromatic N) is 1. The zero-order valence-electron chi connectivity index (χ0n) is 8.18. The summed E-state index contributed by atoms with van der Waals surface area (Å²) in [5.74, 6) is 0. The van der Waals surface area contributed by atoms with Gasteiger partial charge in [0.2, 0.25) is 0 Å². The fourth-order valence-electron chi connectivity index (χ4n) is 1.50. The normalized spacial score (nSPS) is 14.7. The Balaban J connectivity index is 2.01. The second-order valence-corrected chi connectivity index (χ2v) is 3.61. The Morgan fingerprint density at radius 3 is 2.47 bits per heavy atom. The van der Waals surface area contributed by atoms with E-state index >= 15 is 0 Å². The van der Waals surface area contributed by atoms with Gasteiger partial charge in [-0.15, -0.1) is 0 Å². The van der Waals surface area contributed by atoms with Crippen LogP contribution in [0.5, 0.6) is 0 Å². The molecule has 78 valence electrons. The molecule has 0 radical (unpaired) electrons. The molecule has 0 saturated carbocycles. The van der Waals surface area contributed by atoms with Gasteiger partial charge in [-0.1, -0.05) is 18.2 Å². The van der Waals surface area contributed by atoms with E-state index in [-0.39, 0.29) is 0 Å². The Labute approximate surface area is 87.6 Å². The molecule has 0 unspecified atom stereocenters. The maximum atomic E-state index is 10.5. The maximum absolute atomic E-state index is 10.5. The number of anilines is 1. The first-order chi connectivity index (χ1) is 7.15. The highest BCUT2D eigenvalue weighted by atomic mass is 16.4. The molecule has 15 heavy (non-hydrogen) atoms. The fourth-order valence-corrected chi connectivity index (χ4v) is 1.50. The highest BCUT2D eigenvalue weighted by molar-refractivity contribution is 5.70. The van der Waals surface area contributed by atoms with E-state index in [1.165, 1.54) is 4.90 Å². The van der Waals surface area contributed by atoms with Crippen LogP contribution >= 0.6 is 0 Å². The molecule has 0 bridgehead atoms. The van der Waals surface area contributed by atoms with E-state index in [0.717, 1.165) is 16.8 Å². The van der Waals surface area contributed by atoms with Crippen molar-refractivity contribution in [2.24, 2.45) is 0 Å². The Morgan fingerprint density at radius 1 is 1.33 bits per heavy atom. The molecule has 1 amide bonds. The average molecular weight is 204 g/mol. The molecule has 4 nitrogen and oxygen atoms in total. The minimum atomic E-state index is -0.857. The van der Waals surface area contributed by atoms with E-state index in [1.807, 2.05) is 30.3 Å². The maximum Gasteiger partial charge on any atom is 0.407 e. The van der Waals surface area contributed by atoms with Crippen LogP contribution < -0.4 is 5.73 Å². The molecule has 3 N–H and O–H groups in total. The van der Waals surface area contributed by atoms with Gasteiger partial charge >= 0.3 is 6.09 Å². The number of carbonyl (C=O) groups is 1. The molecule has 1 aromatic rings. The van der Waals surface area contributed by atoms with Gasteiger partial charge in [-0.3, -0.25) is 0 Å². The van der Waals surface area contributed by atoms with Crippen LogP contribution in [0.15, 0.2) is 29.8 Å². The van der Waals surface area contributed by atoms with Crippen LogP contribution in [0.2, 0.25) is 0 Å². The summed E-state index contributed by atoms with van der Waals surface area (Å²) >= 11 is 0. The van der Waals surface area contributed by atoms with Crippen molar-refractivity contribution in [3.05, 3.63) is 35.4 Å². The number of carboxylic acid groups (broad SMARTS) is 1. The number of hydrogen-bond acceptors (Lipinski definition) is 2. The smallest absolute Gasteiger partial charge is 0.407 e. The van der Waals surface area contributed by atoms with Gasteiger partial charge in [0.25, 0.3) is 0 Å². The minimum Gasteiger partial charge on any atom is -0.465 e. The van der Waals surface area contributed by atoms with Crippen LogP contribution in [0.3, 0.4) is 0 Å². The lowest BCUT2D eigenvalue weighted by atomic mass is 10.0. The van der Waals surface area contributed by atoms with E-state index in [1.54, 1.807) is 0 Å². The molecule has 0 aliphatic carbocycles. The molecule has 1 fully saturated rings. The predicted octanol–water partition coefficient (Wildman–Crippen LogP) is 1.65. The van der Waals surface area contributed by atoms with Gasteiger partial charge in [0.05, 0.1) is 0 Å². The van der Waals surface area contributed by atoms with Crippen molar-refractivity contribution < 1.29 is 9.90 Å². The molecular formula is C11H12N2O2. The lowest BCUT2D eigenvalue weighted by molar-refractivity contribution is 0.138. The van der Waals surface area contributed by atoms with Crippen molar-refractivity contribution in [2.45, 2.75) is 0 Å². The Morgan fingerprint density at radius 2 is 1.93 bits per heavy atom. The molecule has 0 spiro atoms. The number of benzene rings is 1. The third-order valence-electron chi connectivity index (χ3n) is 2.37. The summed E-state index contributed by atoms with van der Waals surface area (Å²) in [6.45, 7) is 1.03. The SMILES string of the molecule is Nc1ccc(C=C2CN(C(=O)O)C2)cc1. The van der Waals surface area contributed by atoms with Crippen molar-refractivity contribution in [3.8, 4) is 0 Å². The van der Waals surface area contributed by atoms with Crippen molar-refractivity contribution in [2.75, 3.05) is 18.8 Å². The minimum absolute atomic E-state index is 0.514. The third kappa shape index (κ3) is 2.10. The van der Waals surface area contributed by atoms with Crippen molar-refractivity contribution in [1.29, 1.82) is 0 Å². The quantitative estimate of drug-likeness (QED) is 0.683. The second-order valence-electron chi connectivity index (χ2n) is 3.61. The highest BCUT2D eigenvalue weighted by Crippen LogP contribution is 2.18. The van der Waals surface area contributed by atoms with Crippen LogP contribution in [0.4, 0.5) is 10.5 Å². The summed E-state index contributed by atoms with van der Waals surface area (Å²) in [6, 6.07) is 7.51. The zero-order valence-corrected chi connectivity index (χ0v) is 8.18. The molecule has 0 aromatic heterocycles. The van der Waals surface area contributed by atoms with E-state index in [4.69, 9.17) is 10.8 Å². The summed E-state index contributed by atoms with van der Waals surface area (Å²) in [5.41, 5.74) is 8.48. The summed E-state index contributed by atoms with van der Waals surface area (Å²) in [6.07, 6.45) is 1.14. The first-order valence-corrected chi connectivity index (χ1v) is 4.68. The van der Waals surface area contributed by atoms with E-state index in [0.29, 0.717) is 13.1 Å². The van der Waals surface area contributed by atoms with Crippen LogP contribution in [-0.4, -0.2) is 29.2 Å². The van der Waals surface area contributed by atoms with Crippen molar-refractivity contribution in [3.63, 3.8) is 0 Å². The van der Waals surface area contributed by atoms with Crippen molar-refractivity contribution >= 4 is 17.9 Å². The standard InChI is InChI=1S/C11H12N2O2/c12-10-3-1-8(2-4-10)5-9-6-13(7-9)11(14)15/h1-5H,6-7,12H2,(H,14,15). The van der Waals surface area contributed by atoms with Gasteiger partial charge in [-0.25, -0.2) is 4.79 Å².